The standard InChI is InChI=1S/C21H15F5N4O/c1-28-19(9-18(27)21(24,25)26)30-20(31)12-3-2-11-6-13(10-29-17(11)7-12)15-5-4-14(22)8-16(15)23/h2-10H,27H2,1H3,(H,28,30,31)/b18-9-. The summed E-state index contributed by atoms with van der Waals surface area (Å²) >= 11 is 0. The maximum Gasteiger partial charge on any atom is 0.430 e. The molecule has 0 unspecified atom stereocenters. The number of hydrogen-bond donors (Lipinski definition) is 2. The largest absolute Gasteiger partial charge is 0.430 e. The number of benzene rings is 2. The van der Waals surface area contributed by atoms with Crippen LogP contribution in [-0.4, -0.2) is 30.0 Å². The molecule has 0 aliphatic carbocycles. The first-order valence-corrected chi connectivity index (χ1v) is 8.76. The Labute approximate surface area is 173 Å². The van der Waals surface area contributed by atoms with E-state index in [1.165, 1.54) is 31.4 Å². The summed E-state index contributed by atoms with van der Waals surface area (Å²) in [5, 5.41) is 2.82. The molecule has 0 aliphatic rings. The number of hydrogen-bond acceptors (Lipinski definition) is 4. The summed E-state index contributed by atoms with van der Waals surface area (Å²) in [7, 11) is 1.20. The van der Waals surface area contributed by atoms with E-state index >= 15 is 0 Å². The number of nitrogens with one attached hydrogen (secondary N) is 1. The lowest BCUT2D eigenvalue weighted by Crippen LogP contribution is -2.31. The average molecular weight is 434 g/mol. The van der Waals surface area contributed by atoms with Crippen molar-refractivity contribution in [2.75, 3.05) is 7.05 Å². The highest BCUT2D eigenvalue weighted by molar-refractivity contribution is 6.11. The van der Waals surface area contributed by atoms with E-state index in [4.69, 9.17) is 5.73 Å². The molecule has 1 heterocycles. The number of alkyl halides is 3. The van der Waals surface area contributed by atoms with Gasteiger partial charge in [-0.05, 0) is 30.3 Å². The van der Waals surface area contributed by atoms with Gasteiger partial charge in [-0.15, -0.1) is 0 Å². The van der Waals surface area contributed by atoms with Crippen LogP contribution >= 0.6 is 0 Å². The Morgan fingerprint density at radius 2 is 1.87 bits per heavy atom. The number of aromatic nitrogens is 1. The lowest BCUT2D eigenvalue weighted by molar-refractivity contribution is -0.0925. The van der Waals surface area contributed by atoms with Crippen LogP contribution in [0.3, 0.4) is 0 Å². The summed E-state index contributed by atoms with van der Waals surface area (Å²) < 4.78 is 64.8. The second kappa shape index (κ2) is 8.50. The average Bonchev–Trinajstić information content (AvgIpc) is 2.71. The van der Waals surface area contributed by atoms with Crippen LogP contribution in [0.5, 0.6) is 0 Å². The third-order valence-electron chi connectivity index (χ3n) is 4.29. The van der Waals surface area contributed by atoms with Crippen molar-refractivity contribution in [2.24, 2.45) is 10.7 Å². The van der Waals surface area contributed by atoms with Crippen LogP contribution in [0.2, 0.25) is 0 Å². The van der Waals surface area contributed by atoms with E-state index in [0.717, 1.165) is 12.1 Å². The zero-order chi connectivity index (χ0) is 22.8. The minimum Gasteiger partial charge on any atom is -0.395 e. The van der Waals surface area contributed by atoms with Crippen molar-refractivity contribution in [3.63, 3.8) is 0 Å². The minimum atomic E-state index is -4.75. The maximum absolute atomic E-state index is 14.0. The topological polar surface area (TPSA) is 80.4 Å². The molecule has 2 aromatic carbocycles. The third kappa shape index (κ3) is 5.03. The lowest BCUT2D eigenvalue weighted by atomic mass is 10.0. The number of pyridine rings is 1. The van der Waals surface area contributed by atoms with E-state index in [9.17, 15) is 26.7 Å². The van der Waals surface area contributed by atoms with Crippen molar-refractivity contribution in [2.45, 2.75) is 6.18 Å². The highest BCUT2D eigenvalue weighted by Crippen LogP contribution is 2.26. The number of carbonyl (C=O) groups is 1. The summed E-state index contributed by atoms with van der Waals surface area (Å²) in [6.45, 7) is 0. The highest BCUT2D eigenvalue weighted by atomic mass is 19.4. The Kier molecular flexibility index (Phi) is 6.00. The molecule has 3 aromatic rings. The van der Waals surface area contributed by atoms with Gasteiger partial charge in [-0.3, -0.25) is 14.8 Å². The summed E-state index contributed by atoms with van der Waals surface area (Å²) in [4.78, 5) is 20.2. The van der Waals surface area contributed by atoms with Crippen LogP contribution in [0.1, 0.15) is 10.4 Å². The first-order valence-electron chi connectivity index (χ1n) is 8.76. The number of amides is 1. The molecule has 0 radical (unpaired) electrons. The van der Waals surface area contributed by atoms with Crippen LogP contribution in [0, 0.1) is 11.6 Å². The molecule has 0 saturated heterocycles. The zero-order valence-electron chi connectivity index (χ0n) is 16.0. The maximum atomic E-state index is 14.0. The van der Waals surface area contributed by atoms with Gasteiger partial charge in [0.15, 0.2) is 0 Å². The molecule has 3 rings (SSSR count). The molecule has 0 atom stereocenters. The molecule has 0 aliphatic heterocycles. The number of nitrogens with two attached hydrogens (primary N) is 1. The molecular formula is C21H15F5N4O. The number of amidine groups is 1. The fourth-order valence-corrected chi connectivity index (χ4v) is 2.71. The summed E-state index contributed by atoms with van der Waals surface area (Å²) in [6, 6.07) is 9.19. The van der Waals surface area contributed by atoms with E-state index in [-0.39, 0.29) is 17.0 Å². The SMILES string of the molecule is CN=C(/C=C(\N)C(F)(F)F)NC(=O)c1ccc2cc(-c3ccc(F)cc3F)cnc2c1. The molecule has 3 N–H and O–H groups in total. The van der Waals surface area contributed by atoms with Crippen molar-refractivity contribution in [1.82, 2.24) is 10.3 Å². The quantitative estimate of drug-likeness (QED) is 0.366. The van der Waals surface area contributed by atoms with E-state index in [1.54, 1.807) is 12.1 Å². The summed E-state index contributed by atoms with van der Waals surface area (Å²) in [5.41, 5.74) is 4.61. The molecule has 31 heavy (non-hydrogen) atoms. The van der Waals surface area contributed by atoms with Crippen LogP contribution in [0.15, 0.2) is 65.4 Å². The predicted molar refractivity (Wildman–Crippen MR) is 106 cm³/mol. The minimum absolute atomic E-state index is 0.112. The van der Waals surface area contributed by atoms with Crippen LogP contribution < -0.4 is 11.1 Å². The van der Waals surface area contributed by atoms with Gasteiger partial charge in [0.25, 0.3) is 5.91 Å². The van der Waals surface area contributed by atoms with Gasteiger partial charge in [-0.1, -0.05) is 6.07 Å². The van der Waals surface area contributed by atoms with Crippen molar-refractivity contribution in [1.29, 1.82) is 0 Å². The Morgan fingerprint density at radius 1 is 1.13 bits per heavy atom. The van der Waals surface area contributed by atoms with Crippen molar-refractivity contribution in [3.8, 4) is 11.1 Å². The van der Waals surface area contributed by atoms with E-state index in [0.29, 0.717) is 22.5 Å². The summed E-state index contributed by atoms with van der Waals surface area (Å²) in [6.07, 6.45) is -2.87. The van der Waals surface area contributed by atoms with Crippen LogP contribution in [0.25, 0.3) is 22.0 Å². The number of nitrogens with zero attached hydrogens (tertiary/aromatic N) is 2. The van der Waals surface area contributed by atoms with Crippen LogP contribution in [-0.2, 0) is 0 Å². The molecule has 5 nitrogen and oxygen atoms in total. The van der Waals surface area contributed by atoms with Crippen molar-refractivity contribution in [3.05, 3.63) is 77.6 Å². The molecular weight excluding hydrogens is 419 g/mol. The molecule has 0 bridgehead atoms. The van der Waals surface area contributed by atoms with E-state index in [1.807, 2.05) is 0 Å². The van der Waals surface area contributed by atoms with Crippen molar-refractivity contribution >= 4 is 22.6 Å². The smallest absolute Gasteiger partial charge is 0.395 e. The molecule has 10 heteroatoms. The second-order valence-electron chi connectivity index (χ2n) is 6.42. The predicted octanol–water partition coefficient (Wildman–Crippen LogP) is 4.34. The van der Waals surface area contributed by atoms with Gasteiger partial charge in [-0.25, -0.2) is 8.78 Å². The summed E-state index contributed by atoms with van der Waals surface area (Å²) in [5.74, 6) is -2.53. The zero-order valence-corrected chi connectivity index (χ0v) is 16.0. The van der Waals surface area contributed by atoms with Crippen molar-refractivity contribution < 1.29 is 26.7 Å². The number of fused-ring (bicyclic) bond motifs is 1. The number of halogens is 5. The van der Waals surface area contributed by atoms with Gasteiger partial charge in [0.1, 0.15) is 23.2 Å². The Balaban J connectivity index is 1.86. The molecule has 0 saturated carbocycles. The fourth-order valence-electron chi connectivity index (χ4n) is 2.71. The normalized spacial score (nSPS) is 12.8. The monoisotopic (exact) mass is 434 g/mol. The first kappa shape index (κ1) is 21.9. The van der Waals surface area contributed by atoms with Gasteiger partial charge >= 0.3 is 6.18 Å². The molecule has 0 spiro atoms. The second-order valence-corrected chi connectivity index (χ2v) is 6.42. The number of carbonyl (C=O) groups excluding carboxylic acids is 1. The molecule has 160 valence electrons. The van der Waals surface area contributed by atoms with Gasteiger partial charge in [0.2, 0.25) is 0 Å². The van der Waals surface area contributed by atoms with Gasteiger partial charge in [0.05, 0.1) is 5.52 Å². The fraction of sp³-hybridized carbons (Fsp3) is 0.0952. The lowest BCUT2D eigenvalue weighted by Gasteiger charge is -2.10. The molecule has 1 aromatic heterocycles. The number of rotatable bonds is 3. The van der Waals surface area contributed by atoms with Crippen LogP contribution in [0.4, 0.5) is 22.0 Å². The third-order valence-corrected chi connectivity index (χ3v) is 4.29. The molecule has 1 amide bonds. The Bertz CT molecular complexity index is 1220. The van der Waals surface area contributed by atoms with E-state index in [2.05, 4.69) is 15.3 Å². The highest BCUT2D eigenvalue weighted by Gasteiger charge is 2.31. The van der Waals surface area contributed by atoms with Gasteiger partial charge in [0, 0.05) is 47.5 Å². The van der Waals surface area contributed by atoms with Gasteiger partial charge < -0.3 is 11.1 Å². The van der Waals surface area contributed by atoms with Gasteiger partial charge in [-0.2, -0.15) is 13.2 Å². The number of aliphatic imine (C=N–C) groups is 1. The first-order chi connectivity index (χ1) is 14.6. The Morgan fingerprint density at radius 3 is 2.52 bits per heavy atom. The Hall–Kier alpha value is -3.82. The van der Waals surface area contributed by atoms with E-state index < -0.39 is 29.4 Å². The number of allylic oxidation sites excluding steroid dienone is 1. The molecule has 0 fully saturated rings.